The predicted octanol–water partition coefficient (Wildman–Crippen LogP) is 3.91. The van der Waals surface area contributed by atoms with Gasteiger partial charge in [-0.15, -0.1) is 0 Å². The molecule has 0 N–H and O–H groups in total. The van der Waals surface area contributed by atoms with Crippen LogP contribution >= 0.6 is 0 Å². The van der Waals surface area contributed by atoms with Gasteiger partial charge in [0.2, 0.25) is 0 Å². The first-order valence-electron chi connectivity index (χ1n) is 5.90. The minimum Gasteiger partial charge on any atom is -0.493 e. The zero-order chi connectivity index (χ0) is 10.8. The summed E-state index contributed by atoms with van der Waals surface area (Å²) >= 11 is 0. The summed E-state index contributed by atoms with van der Waals surface area (Å²) in [7, 11) is 0. The Bertz CT molecular complexity index is 337. The van der Waals surface area contributed by atoms with Crippen molar-refractivity contribution in [2.75, 3.05) is 6.61 Å². The molecule has 0 aromatic heterocycles. The fraction of sp³-hybridized carbons (Fsp3) is 0.571. The Morgan fingerprint density at radius 3 is 2.60 bits per heavy atom. The molecule has 0 unspecified atom stereocenters. The van der Waals surface area contributed by atoms with Gasteiger partial charge in [-0.25, -0.2) is 0 Å². The molecule has 0 radical (unpaired) electrons. The Morgan fingerprint density at radius 1 is 1.33 bits per heavy atom. The molecule has 1 aromatic carbocycles. The zero-order valence-corrected chi connectivity index (χ0v) is 9.92. The van der Waals surface area contributed by atoms with Gasteiger partial charge >= 0.3 is 0 Å². The largest absolute Gasteiger partial charge is 0.493 e. The Labute approximate surface area is 92.5 Å². The monoisotopic (exact) mass is 204 g/mol. The quantitative estimate of drug-likeness (QED) is 0.722. The molecular formula is C14H20O. The van der Waals surface area contributed by atoms with E-state index in [0.717, 1.165) is 18.3 Å². The molecule has 0 aliphatic heterocycles. The molecule has 15 heavy (non-hydrogen) atoms. The van der Waals surface area contributed by atoms with Gasteiger partial charge in [-0.1, -0.05) is 26.0 Å². The third-order valence-electron chi connectivity index (χ3n) is 3.04. The number of ether oxygens (including phenoxy) is 1. The highest BCUT2D eigenvalue weighted by Crippen LogP contribution is 2.31. The van der Waals surface area contributed by atoms with Gasteiger partial charge in [-0.3, -0.25) is 0 Å². The normalized spacial score (nSPS) is 15.7. The summed E-state index contributed by atoms with van der Waals surface area (Å²) in [6, 6.07) is 6.54. The van der Waals surface area contributed by atoms with Gasteiger partial charge < -0.3 is 4.74 Å². The molecule has 1 saturated carbocycles. The van der Waals surface area contributed by atoms with Crippen molar-refractivity contribution in [3.05, 3.63) is 29.3 Å². The Balaban J connectivity index is 2.04. The van der Waals surface area contributed by atoms with Crippen molar-refractivity contribution in [3.63, 3.8) is 0 Å². The topological polar surface area (TPSA) is 9.23 Å². The predicted molar refractivity (Wildman–Crippen MR) is 63.5 cm³/mol. The average Bonchev–Trinajstić information content (AvgIpc) is 2.99. The van der Waals surface area contributed by atoms with Crippen LogP contribution in [0.25, 0.3) is 0 Å². The van der Waals surface area contributed by atoms with Crippen LogP contribution in [0.4, 0.5) is 0 Å². The van der Waals surface area contributed by atoms with Crippen LogP contribution in [0.1, 0.15) is 43.7 Å². The van der Waals surface area contributed by atoms with Crippen LogP contribution in [0.15, 0.2) is 18.2 Å². The molecule has 1 heteroatoms. The van der Waals surface area contributed by atoms with E-state index in [1.54, 1.807) is 0 Å². The van der Waals surface area contributed by atoms with Gasteiger partial charge in [0.1, 0.15) is 5.75 Å². The second-order valence-electron chi connectivity index (χ2n) is 4.93. The van der Waals surface area contributed by atoms with Crippen molar-refractivity contribution in [1.82, 2.24) is 0 Å². The highest BCUT2D eigenvalue weighted by Gasteiger charge is 2.22. The number of rotatable bonds is 4. The maximum Gasteiger partial charge on any atom is 0.122 e. The summed E-state index contributed by atoms with van der Waals surface area (Å²) in [4.78, 5) is 0. The second kappa shape index (κ2) is 4.26. The molecule has 0 amide bonds. The maximum atomic E-state index is 5.80. The summed E-state index contributed by atoms with van der Waals surface area (Å²) < 4.78 is 5.80. The summed E-state index contributed by atoms with van der Waals surface area (Å²) in [6.07, 6.45) is 2.70. The van der Waals surface area contributed by atoms with Crippen LogP contribution in [0, 0.1) is 12.8 Å². The van der Waals surface area contributed by atoms with Gasteiger partial charge in [-0.05, 0) is 48.8 Å². The third-order valence-corrected chi connectivity index (χ3v) is 3.04. The summed E-state index contributed by atoms with van der Waals surface area (Å²) in [5.74, 6) is 2.49. The molecule has 82 valence electrons. The summed E-state index contributed by atoms with van der Waals surface area (Å²) in [5.41, 5.74) is 2.66. The van der Waals surface area contributed by atoms with E-state index in [9.17, 15) is 0 Å². The minimum atomic E-state index is 0.598. The molecule has 0 bridgehead atoms. The van der Waals surface area contributed by atoms with Crippen molar-refractivity contribution < 1.29 is 4.74 Å². The van der Waals surface area contributed by atoms with Crippen LogP contribution in [0.3, 0.4) is 0 Å². The van der Waals surface area contributed by atoms with Crippen LogP contribution in [-0.2, 0) is 0 Å². The van der Waals surface area contributed by atoms with Crippen molar-refractivity contribution in [2.45, 2.75) is 39.5 Å². The lowest BCUT2D eigenvalue weighted by Crippen LogP contribution is -2.01. The Hall–Kier alpha value is -0.980. The van der Waals surface area contributed by atoms with Crippen molar-refractivity contribution in [1.29, 1.82) is 0 Å². The molecule has 0 atom stereocenters. The number of aryl methyl sites for hydroxylation is 1. The highest BCUT2D eigenvalue weighted by atomic mass is 16.5. The Morgan fingerprint density at radius 2 is 2.07 bits per heavy atom. The number of hydrogen-bond acceptors (Lipinski definition) is 1. The van der Waals surface area contributed by atoms with Gasteiger partial charge in [-0.2, -0.15) is 0 Å². The van der Waals surface area contributed by atoms with Crippen molar-refractivity contribution >= 4 is 0 Å². The lowest BCUT2D eigenvalue weighted by molar-refractivity contribution is 0.298. The molecular weight excluding hydrogens is 184 g/mol. The molecule has 0 spiro atoms. The van der Waals surface area contributed by atoms with Crippen LogP contribution in [0.2, 0.25) is 0 Å². The smallest absolute Gasteiger partial charge is 0.122 e. The molecule has 1 fully saturated rings. The van der Waals surface area contributed by atoms with Gasteiger partial charge in [0.15, 0.2) is 0 Å². The van der Waals surface area contributed by atoms with E-state index in [2.05, 4.69) is 39.0 Å². The fourth-order valence-corrected chi connectivity index (χ4v) is 1.69. The highest BCUT2D eigenvalue weighted by molar-refractivity contribution is 5.37. The number of hydrogen-bond donors (Lipinski definition) is 0. The lowest BCUT2D eigenvalue weighted by atomic mass is 10.0. The first-order chi connectivity index (χ1) is 7.16. The molecule has 1 nitrogen and oxygen atoms in total. The third kappa shape index (κ3) is 2.74. The van der Waals surface area contributed by atoms with Crippen molar-refractivity contribution in [3.8, 4) is 5.75 Å². The molecule has 1 aliphatic carbocycles. The van der Waals surface area contributed by atoms with Crippen LogP contribution in [-0.4, -0.2) is 6.61 Å². The molecule has 0 saturated heterocycles. The number of benzene rings is 1. The molecule has 0 heterocycles. The molecule has 1 aliphatic rings. The minimum absolute atomic E-state index is 0.598. The first-order valence-corrected chi connectivity index (χ1v) is 5.90. The first kappa shape index (κ1) is 10.5. The lowest BCUT2D eigenvalue weighted by Gasteiger charge is -2.11. The SMILES string of the molecule is Cc1cc(C(C)C)ccc1OCC1CC1. The van der Waals surface area contributed by atoms with Crippen LogP contribution < -0.4 is 4.74 Å². The molecule has 2 rings (SSSR count). The average molecular weight is 204 g/mol. The van der Waals surface area contributed by atoms with Gasteiger partial charge in [0.25, 0.3) is 0 Å². The second-order valence-corrected chi connectivity index (χ2v) is 4.93. The van der Waals surface area contributed by atoms with E-state index in [1.807, 2.05) is 0 Å². The van der Waals surface area contributed by atoms with E-state index in [0.29, 0.717) is 5.92 Å². The fourth-order valence-electron chi connectivity index (χ4n) is 1.69. The zero-order valence-electron chi connectivity index (χ0n) is 9.92. The van der Waals surface area contributed by atoms with E-state index in [-0.39, 0.29) is 0 Å². The van der Waals surface area contributed by atoms with E-state index in [4.69, 9.17) is 4.74 Å². The van der Waals surface area contributed by atoms with E-state index in [1.165, 1.54) is 24.0 Å². The summed E-state index contributed by atoms with van der Waals surface area (Å²) in [5, 5.41) is 0. The van der Waals surface area contributed by atoms with Gasteiger partial charge in [0.05, 0.1) is 6.61 Å². The van der Waals surface area contributed by atoms with Crippen molar-refractivity contribution in [2.24, 2.45) is 5.92 Å². The van der Waals surface area contributed by atoms with Crippen LogP contribution in [0.5, 0.6) is 5.75 Å². The van der Waals surface area contributed by atoms with E-state index < -0.39 is 0 Å². The molecule has 1 aromatic rings. The summed E-state index contributed by atoms with van der Waals surface area (Å²) in [6.45, 7) is 7.48. The standard InChI is InChI=1S/C14H20O/c1-10(2)13-6-7-14(11(3)8-13)15-9-12-4-5-12/h6-8,10,12H,4-5,9H2,1-3H3. The maximum absolute atomic E-state index is 5.80. The van der Waals surface area contributed by atoms with E-state index >= 15 is 0 Å². The Kier molecular flexibility index (Phi) is 2.99. The van der Waals surface area contributed by atoms with Gasteiger partial charge in [0, 0.05) is 0 Å².